The van der Waals surface area contributed by atoms with Crippen LogP contribution in [0.3, 0.4) is 0 Å². The summed E-state index contributed by atoms with van der Waals surface area (Å²) in [5.41, 5.74) is 0.0515. The first-order chi connectivity index (χ1) is 15.8. The van der Waals surface area contributed by atoms with Gasteiger partial charge in [0.1, 0.15) is 5.70 Å². The summed E-state index contributed by atoms with van der Waals surface area (Å²) in [5, 5.41) is 29.9. The number of amides is 1. The molecular formula is C19H18N2O11S2. The van der Waals surface area contributed by atoms with E-state index >= 15 is 0 Å². The standard InChI is InChI=1S/C19H18N2O11S2/c1-9(32-34(29,30)31)15-12-8-14(16(19(25)26)20(12)17(15)22)33-13(18(23)24)7-4-10-2-5-11(6-3-10)21(27)28/h2-3,5-7,9,12,15H,4,8H2,1H3,(H,23,24)(H,25,26)(H,29,30,31)/b13-7+/t9-,12+,15-/m0/s1. The van der Waals surface area contributed by atoms with Crippen LogP contribution in [0, 0.1) is 16.0 Å². The minimum absolute atomic E-state index is 0.0516. The van der Waals surface area contributed by atoms with Gasteiger partial charge in [-0.05, 0) is 18.9 Å². The largest absolute Gasteiger partial charge is 0.477 e. The van der Waals surface area contributed by atoms with E-state index in [-0.39, 0.29) is 28.3 Å². The minimum Gasteiger partial charge on any atom is -0.477 e. The third kappa shape index (κ3) is 5.27. The molecule has 0 saturated carbocycles. The van der Waals surface area contributed by atoms with E-state index in [0.717, 1.165) is 4.90 Å². The Balaban J connectivity index is 1.81. The lowest BCUT2D eigenvalue weighted by Gasteiger charge is -2.45. The number of nitro groups is 1. The highest BCUT2D eigenvalue weighted by molar-refractivity contribution is 8.07. The van der Waals surface area contributed by atoms with Crippen molar-refractivity contribution in [3.8, 4) is 0 Å². The molecule has 3 N–H and O–H groups in total. The predicted octanol–water partition coefficient (Wildman–Crippen LogP) is 1.57. The number of carboxylic acid groups (broad SMARTS) is 2. The van der Waals surface area contributed by atoms with Crippen LogP contribution >= 0.6 is 11.8 Å². The summed E-state index contributed by atoms with van der Waals surface area (Å²) in [6, 6.07) is 4.68. The van der Waals surface area contributed by atoms with Crippen molar-refractivity contribution < 1.29 is 46.7 Å². The molecule has 3 atom stereocenters. The van der Waals surface area contributed by atoms with Crippen LogP contribution < -0.4 is 0 Å². The van der Waals surface area contributed by atoms with Crippen LogP contribution in [0.4, 0.5) is 5.69 Å². The number of nitro benzene ring substituents is 1. The second-order valence-electron chi connectivity index (χ2n) is 7.41. The average Bonchev–Trinajstić information content (AvgIpc) is 3.04. The smallest absolute Gasteiger partial charge is 0.397 e. The Morgan fingerprint density at radius 2 is 1.94 bits per heavy atom. The highest BCUT2D eigenvalue weighted by Crippen LogP contribution is 2.49. The van der Waals surface area contributed by atoms with Gasteiger partial charge in [-0.2, -0.15) is 8.42 Å². The third-order valence-electron chi connectivity index (χ3n) is 5.26. The summed E-state index contributed by atoms with van der Waals surface area (Å²) >= 11 is 0.650. The molecule has 1 fully saturated rings. The van der Waals surface area contributed by atoms with Crippen LogP contribution in [0.5, 0.6) is 0 Å². The molecule has 0 aliphatic carbocycles. The van der Waals surface area contributed by atoms with Crippen molar-refractivity contribution in [1.82, 2.24) is 4.90 Å². The molecule has 3 rings (SSSR count). The fourth-order valence-corrected chi connectivity index (χ4v) is 5.39. The molecule has 0 spiro atoms. The van der Waals surface area contributed by atoms with Gasteiger partial charge in [0.2, 0.25) is 5.91 Å². The fraction of sp³-hybridized carbons (Fsp3) is 0.316. The summed E-state index contributed by atoms with van der Waals surface area (Å²) < 4.78 is 35.3. The third-order valence-corrected chi connectivity index (χ3v) is 6.98. The Hall–Kier alpha value is -3.27. The van der Waals surface area contributed by atoms with E-state index in [1.807, 2.05) is 0 Å². The van der Waals surface area contributed by atoms with Gasteiger partial charge in [0.15, 0.2) is 0 Å². The molecule has 15 heteroatoms. The number of hydrogen-bond acceptors (Lipinski definition) is 9. The Bertz CT molecular complexity index is 1220. The quantitative estimate of drug-likeness (QED) is 0.134. The molecule has 13 nitrogen and oxygen atoms in total. The second-order valence-corrected chi connectivity index (χ2v) is 9.60. The summed E-state index contributed by atoms with van der Waals surface area (Å²) in [6.07, 6.45) is 0.0969. The zero-order valence-electron chi connectivity index (χ0n) is 17.4. The highest BCUT2D eigenvalue weighted by Gasteiger charge is 2.58. The summed E-state index contributed by atoms with van der Waals surface area (Å²) in [6.45, 7) is 1.24. The van der Waals surface area contributed by atoms with Gasteiger partial charge in [0.05, 0.1) is 27.9 Å². The van der Waals surface area contributed by atoms with Crippen molar-refractivity contribution in [2.24, 2.45) is 5.92 Å². The lowest BCUT2D eigenvalue weighted by Crippen LogP contribution is -2.62. The van der Waals surface area contributed by atoms with Gasteiger partial charge in [-0.15, -0.1) is 0 Å². The molecule has 0 aromatic heterocycles. The molecule has 0 bridgehead atoms. The van der Waals surface area contributed by atoms with Gasteiger partial charge in [0, 0.05) is 23.5 Å². The molecule has 182 valence electrons. The lowest BCUT2D eigenvalue weighted by atomic mass is 9.83. The zero-order valence-corrected chi connectivity index (χ0v) is 19.0. The molecule has 0 radical (unpaired) electrons. The summed E-state index contributed by atoms with van der Waals surface area (Å²) in [4.78, 5) is 47.1. The Kier molecular flexibility index (Phi) is 7.11. The van der Waals surface area contributed by atoms with Crippen LogP contribution in [0.15, 0.2) is 45.8 Å². The SMILES string of the molecule is C[C@H](OS(=O)(=O)O)[C@@H]1C(=O)N2C(C(=O)O)=C(S/C(=C/Cc3ccc([N+](=O)[O-])cc3)C(=O)O)C[C@H]12. The average molecular weight is 514 g/mol. The topological polar surface area (TPSA) is 202 Å². The first-order valence-corrected chi connectivity index (χ1v) is 11.8. The molecule has 1 saturated heterocycles. The van der Waals surface area contributed by atoms with Crippen molar-refractivity contribution in [3.63, 3.8) is 0 Å². The van der Waals surface area contributed by atoms with Gasteiger partial charge in [-0.1, -0.05) is 30.0 Å². The number of carboxylic acids is 2. The van der Waals surface area contributed by atoms with Crippen LogP contribution in [-0.4, -0.2) is 63.0 Å². The number of carbonyl (C=O) groups is 3. The molecular weight excluding hydrogens is 496 g/mol. The Labute approximate surface area is 196 Å². The van der Waals surface area contributed by atoms with E-state index in [2.05, 4.69) is 4.18 Å². The number of nitrogens with zero attached hydrogens (tertiary/aromatic N) is 2. The van der Waals surface area contributed by atoms with E-state index in [1.165, 1.54) is 37.3 Å². The summed E-state index contributed by atoms with van der Waals surface area (Å²) in [7, 11) is -4.84. The molecule has 1 amide bonds. The highest BCUT2D eigenvalue weighted by atomic mass is 32.3. The van der Waals surface area contributed by atoms with Crippen molar-refractivity contribution in [2.45, 2.75) is 31.9 Å². The molecule has 2 heterocycles. The predicted molar refractivity (Wildman–Crippen MR) is 116 cm³/mol. The van der Waals surface area contributed by atoms with Crippen molar-refractivity contribution in [2.75, 3.05) is 0 Å². The Morgan fingerprint density at radius 1 is 1.32 bits per heavy atom. The van der Waals surface area contributed by atoms with Crippen LogP contribution in [-0.2, 0) is 35.4 Å². The van der Waals surface area contributed by atoms with Gasteiger partial charge < -0.3 is 15.1 Å². The first-order valence-electron chi connectivity index (χ1n) is 9.60. The van der Waals surface area contributed by atoms with E-state index in [9.17, 15) is 43.1 Å². The number of fused-ring (bicyclic) bond motifs is 1. The van der Waals surface area contributed by atoms with Crippen molar-refractivity contribution >= 4 is 45.7 Å². The number of β-lactam (4-membered cyclic amide) rings is 1. The van der Waals surface area contributed by atoms with Crippen molar-refractivity contribution in [1.29, 1.82) is 0 Å². The number of carbonyl (C=O) groups excluding carboxylic acids is 1. The van der Waals surface area contributed by atoms with Crippen LogP contribution in [0.25, 0.3) is 0 Å². The fourth-order valence-electron chi connectivity index (χ4n) is 3.83. The van der Waals surface area contributed by atoms with E-state index in [0.29, 0.717) is 17.3 Å². The van der Waals surface area contributed by atoms with Gasteiger partial charge in [-0.25, -0.2) is 13.8 Å². The van der Waals surface area contributed by atoms with Crippen LogP contribution in [0.1, 0.15) is 18.9 Å². The number of hydrogen-bond donors (Lipinski definition) is 3. The number of benzene rings is 1. The lowest BCUT2D eigenvalue weighted by molar-refractivity contribution is -0.384. The number of aliphatic carboxylic acids is 2. The van der Waals surface area contributed by atoms with Gasteiger partial charge in [-0.3, -0.25) is 19.5 Å². The first kappa shape index (κ1) is 25.4. The number of thioether (sulfide) groups is 1. The van der Waals surface area contributed by atoms with Gasteiger partial charge >= 0.3 is 22.3 Å². The molecule has 1 aromatic carbocycles. The van der Waals surface area contributed by atoms with E-state index < -0.39 is 56.9 Å². The molecule has 1 aromatic rings. The second kappa shape index (κ2) is 9.54. The summed E-state index contributed by atoms with van der Waals surface area (Å²) in [5.74, 6) is -4.57. The van der Waals surface area contributed by atoms with Gasteiger partial charge in [0.25, 0.3) is 5.69 Å². The minimum atomic E-state index is -4.84. The Morgan fingerprint density at radius 3 is 2.44 bits per heavy atom. The maximum atomic E-state index is 12.5. The zero-order chi connectivity index (χ0) is 25.4. The monoisotopic (exact) mass is 514 g/mol. The number of rotatable bonds is 10. The molecule has 0 unspecified atom stereocenters. The molecule has 2 aliphatic rings. The van der Waals surface area contributed by atoms with E-state index in [4.69, 9.17) is 4.55 Å². The molecule has 2 aliphatic heterocycles. The maximum Gasteiger partial charge on any atom is 0.397 e. The molecule has 34 heavy (non-hydrogen) atoms. The number of non-ortho nitro benzene ring substituents is 1. The van der Waals surface area contributed by atoms with Crippen LogP contribution in [0.2, 0.25) is 0 Å². The van der Waals surface area contributed by atoms with Crippen molar-refractivity contribution in [3.05, 3.63) is 61.5 Å². The normalized spacial score (nSPS) is 21.2. The van der Waals surface area contributed by atoms with E-state index in [1.54, 1.807) is 0 Å². The maximum absolute atomic E-state index is 12.5. The number of allylic oxidation sites excluding steroid dienone is 1.